The first kappa shape index (κ1) is 21.2. The fraction of sp³-hybridized carbons (Fsp3) is 0.944. The van der Waals surface area contributed by atoms with E-state index in [9.17, 15) is 4.79 Å². The van der Waals surface area contributed by atoms with Crippen LogP contribution in [0.25, 0.3) is 0 Å². The third-order valence-electron chi connectivity index (χ3n) is 5.35. The van der Waals surface area contributed by atoms with E-state index in [1.165, 1.54) is 0 Å². The van der Waals surface area contributed by atoms with Gasteiger partial charge in [0.15, 0.2) is 0 Å². The minimum atomic E-state index is -0.0669. The first-order valence-corrected chi connectivity index (χ1v) is 9.07. The molecule has 0 aromatic rings. The van der Waals surface area contributed by atoms with Crippen molar-refractivity contribution in [2.75, 3.05) is 60.4 Å². The summed E-state index contributed by atoms with van der Waals surface area (Å²) in [7, 11) is 6.30. The largest absolute Gasteiger partial charge is 0.337 e. The number of hydrogen-bond donors (Lipinski definition) is 2. The van der Waals surface area contributed by atoms with E-state index in [0.29, 0.717) is 6.54 Å². The second-order valence-corrected chi connectivity index (χ2v) is 8.86. The van der Waals surface area contributed by atoms with Crippen LogP contribution >= 0.6 is 0 Å². The Bertz CT molecular complexity index is 408. The fourth-order valence-corrected chi connectivity index (χ4v) is 3.25. The van der Waals surface area contributed by atoms with E-state index in [2.05, 4.69) is 81.1 Å². The Hall–Kier alpha value is -0.850. The maximum atomic E-state index is 12.1. The van der Waals surface area contributed by atoms with E-state index in [0.717, 1.165) is 32.7 Å². The highest BCUT2D eigenvalue weighted by molar-refractivity contribution is 5.74. The van der Waals surface area contributed by atoms with Gasteiger partial charge in [0.2, 0.25) is 0 Å². The first-order chi connectivity index (χ1) is 10.9. The molecule has 2 amide bonds. The molecule has 142 valence electrons. The number of hydrogen-bond acceptors (Lipinski definition) is 4. The van der Waals surface area contributed by atoms with E-state index in [1.807, 2.05) is 0 Å². The molecule has 0 aliphatic carbocycles. The number of likely N-dealkylation sites (N-methyl/N-ethyl adjacent to an activating group) is 1. The molecular weight excluding hydrogens is 302 g/mol. The van der Waals surface area contributed by atoms with Crippen LogP contribution in [-0.2, 0) is 0 Å². The summed E-state index contributed by atoms with van der Waals surface area (Å²) >= 11 is 0. The van der Waals surface area contributed by atoms with Gasteiger partial charge in [0, 0.05) is 50.8 Å². The summed E-state index contributed by atoms with van der Waals surface area (Å²) in [6.45, 7) is 16.7. The maximum absolute atomic E-state index is 12.1. The van der Waals surface area contributed by atoms with E-state index in [-0.39, 0.29) is 23.0 Å². The molecule has 0 aromatic carbocycles. The highest BCUT2D eigenvalue weighted by atomic mass is 16.2. The van der Waals surface area contributed by atoms with Crippen molar-refractivity contribution in [1.82, 2.24) is 25.3 Å². The Morgan fingerprint density at radius 2 is 1.92 bits per heavy atom. The molecule has 0 radical (unpaired) electrons. The summed E-state index contributed by atoms with van der Waals surface area (Å²) in [6, 6.07) is 0.0465. The van der Waals surface area contributed by atoms with Crippen molar-refractivity contribution in [2.45, 2.75) is 46.2 Å². The molecule has 1 aliphatic heterocycles. The summed E-state index contributed by atoms with van der Waals surface area (Å²) in [4.78, 5) is 19.1. The average molecular weight is 342 g/mol. The minimum absolute atomic E-state index is 0.0301. The zero-order chi connectivity index (χ0) is 18.5. The van der Waals surface area contributed by atoms with Gasteiger partial charge in [-0.1, -0.05) is 13.8 Å². The summed E-state index contributed by atoms with van der Waals surface area (Å²) in [6.07, 6.45) is 0. The number of carbonyl (C=O) groups excluding carboxylic acids is 1. The van der Waals surface area contributed by atoms with Crippen LogP contribution in [-0.4, -0.2) is 92.7 Å². The normalized spacial score (nSPS) is 20.9. The second-order valence-electron chi connectivity index (χ2n) is 8.86. The average Bonchev–Trinajstić information content (AvgIpc) is 2.41. The molecule has 0 saturated carbocycles. The first-order valence-electron chi connectivity index (χ1n) is 9.07. The predicted octanol–water partition coefficient (Wildman–Crippen LogP) is 1.29. The Labute approximate surface area is 148 Å². The van der Waals surface area contributed by atoms with Crippen molar-refractivity contribution in [3.05, 3.63) is 0 Å². The van der Waals surface area contributed by atoms with E-state index in [1.54, 1.807) is 0 Å². The van der Waals surface area contributed by atoms with Gasteiger partial charge in [-0.15, -0.1) is 0 Å². The molecule has 2 N–H and O–H groups in total. The van der Waals surface area contributed by atoms with Gasteiger partial charge >= 0.3 is 6.03 Å². The SMILES string of the molecule is C[C@H](NC(=O)NCCN1CCN(C)C(C)(C)C1)C(C)(C)CN(C)C. The van der Waals surface area contributed by atoms with Gasteiger partial charge in [0.25, 0.3) is 0 Å². The Morgan fingerprint density at radius 3 is 2.46 bits per heavy atom. The third-order valence-corrected chi connectivity index (χ3v) is 5.35. The Morgan fingerprint density at radius 1 is 1.29 bits per heavy atom. The number of nitrogens with one attached hydrogen (secondary N) is 2. The zero-order valence-electron chi connectivity index (χ0n) is 17.1. The summed E-state index contributed by atoms with van der Waals surface area (Å²) < 4.78 is 0. The molecular formula is C18H39N5O. The molecule has 0 aromatic heterocycles. The van der Waals surface area contributed by atoms with E-state index in [4.69, 9.17) is 0 Å². The van der Waals surface area contributed by atoms with Crippen molar-refractivity contribution >= 4 is 6.03 Å². The number of nitrogens with zero attached hydrogens (tertiary/aromatic N) is 3. The second kappa shape index (κ2) is 8.50. The molecule has 1 rings (SSSR count). The smallest absolute Gasteiger partial charge is 0.315 e. The van der Waals surface area contributed by atoms with E-state index < -0.39 is 0 Å². The molecule has 1 saturated heterocycles. The van der Waals surface area contributed by atoms with Crippen molar-refractivity contribution in [1.29, 1.82) is 0 Å². The molecule has 6 nitrogen and oxygen atoms in total. The quantitative estimate of drug-likeness (QED) is 0.733. The molecule has 1 fully saturated rings. The third kappa shape index (κ3) is 6.57. The van der Waals surface area contributed by atoms with Crippen LogP contribution in [0.1, 0.15) is 34.6 Å². The summed E-state index contributed by atoms with van der Waals surface area (Å²) in [5.74, 6) is 0. The van der Waals surface area contributed by atoms with Crippen LogP contribution in [0.15, 0.2) is 0 Å². The minimum Gasteiger partial charge on any atom is -0.337 e. The maximum Gasteiger partial charge on any atom is 0.315 e. The number of amides is 2. The molecule has 6 heteroatoms. The topological polar surface area (TPSA) is 50.9 Å². The number of urea groups is 1. The van der Waals surface area contributed by atoms with Gasteiger partial charge in [0.1, 0.15) is 0 Å². The fourth-order valence-electron chi connectivity index (χ4n) is 3.25. The van der Waals surface area contributed by atoms with Crippen LogP contribution in [0.3, 0.4) is 0 Å². The molecule has 1 heterocycles. The molecule has 24 heavy (non-hydrogen) atoms. The van der Waals surface area contributed by atoms with Crippen LogP contribution < -0.4 is 10.6 Å². The van der Waals surface area contributed by atoms with Crippen molar-refractivity contribution in [2.24, 2.45) is 5.41 Å². The Balaban J connectivity index is 2.32. The van der Waals surface area contributed by atoms with E-state index >= 15 is 0 Å². The number of carbonyl (C=O) groups is 1. The van der Waals surface area contributed by atoms with Crippen LogP contribution in [0.4, 0.5) is 4.79 Å². The van der Waals surface area contributed by atoms with Crippen molar-refractivity contribution < 1.29 is 4.79 Å². The number of rotatable bonds is 7. The molecule has 0 bridgehead atoms. The van der Waals surface area contributed by atoms with Gasteiger partial charge in [-0.05, 0) is 47.3 Å². The molecule has 0 unspecified atom stereocenters. The lowest BCUT2D eigenvalue weighted by Gasteiger charge is -2.45. The van der Waals surface area contributed by atoms with Gasteiger partial charge in [-0.3, -0.25) is 9.80 Å². The molecule has 1 atom stereocenters. The van der Waals surface area contributed by atoms with Crippen LogP contribution in [0.5, 0.6) is 0 Å². The lowest BCUT2D eigenvalue weighted by molar-refractivity contribution is 0.0410. The van der Waals surface area contributed by atoms with Gasteiger partial charge in [-0.2, -0.15) is 0 Å². The lowest BCUT2D eigenvalue weighted by atomic mass is 9.85. The highest BCUT2D eigenvalue weighted by Crippen LogP contribution is 2.21. The highest BCUT2D eigenvalue weighted by Gasteiger charge is 2.31. The van der Waals surface area contributed by atoms with Gasteiger partial charge < -0.3 is 15.5 Å². The van der Waals surface area contributed by atoms with Gasteiger partial charge in [-0.25, -0.2) is 4.79 Å². The standard InChI is InChI=1S/C18H39N5O/c1-15(17(2,3)13-21(6)7)20-16(24)19-9-10-23-12-11-22(8)18(4,5)14-23/h15H,9-14H2,1-8H3,(H2,19,20,24)/t15-/m0/s1. The van der Waals surface area contributed by atoms with Crippen LogP contribution in [0.2, 0.25) is 0 Å². The van der Waals surface area contributed by atoms with Gasteiger partial charge in [0.05, 0.1) is 0 Å². The summed E-state index contributed by atoms with van der Waals surface area (Å²) in [5.41, 5.74) is 0.230. The van der Waals surface area contributed by atoms with Crippen molar-refractivity contribution in [3.63, 3.8) is 0 Å². The monoisotopic (exact) mass is 341 g/mol. The summed E-state index contributed by atoms with van der Waals surface area (Å²) in [5, 5.41) is 6.09. The predicted molar refractivity (Wildman–Crippen MR) is 101 cm³/mol. The lowest BCUT2D eigenvalue weighted by Crippen LogP contribution is -2.58. The molecule has 1 aliphatic rings. The molecule has 0 spiro atoms. The number of piperazine rings is 1. The van der Waals surface area contributed by atoms with Crippen molar-refractivity contribution in [3.8, 4) is 0 Å². The zero-order valence-corrected chi connectivity index (χ0v) is 17.1. The Kier molecular flexibility index (Phi) is 7.50. The van der Waals surface area contributed by atoms with Crippen LogP contribution in [0, 0.1) is 5.41 Å².